The predicted octanol–water partition coefficient (Wildman–Crippen LogP) is 5.16. The minimum absolute atomic E-state index is 0.00733. The molecule has 1 heterocycles. The van der Waals surface area contributed by atoms with Gasteiger partial charge in [-0.25, -0.2) is 17.6 Å². The van der Waals surface area contributed by atoms with Gasteiger partial charge in [-0.3, -0.25) is 0 Å². The van der Waals surface area contributed by atoms with Crippen LogP contribution in [0.2, 0.25) is 0 Å². The van der Waals surface area contributed by atoms with Crippen LogP contribution in [0.1, 0.15) is 29.9 Å². The van der Waals surface area contributed by atoms with Crippen molar-refractivity contribution in [1.82, 2.24) is 4.57 Å². The molecule has 0 unspecified atom stereocenters. The number of carboxylic acids is 1. The number of rotatable bonds is 6. The van der Waals surface area contributed by atoms with Crippen LogP contribution < -0.4 is 0 Å². The maximum Gasteiger partial charge on any atom is 0.335 e. The quantitative estimate of drug-likeness (QED) is 0.396. The zero-order valence-corrected chi connectivity index (χ0v) is 19.7. The summed E-state index contributed by atoms with van der Waals surface area (Å²) in [5.41, 5.74) is 2.18. The Morgan fingerprint density at radius 1 is 1.00 bits per heavy atom. The average molecular weight is 482 g/mol. The molecule has 4 rings (SSSR count). The lowest BCUT2D eigenvalue weighted by Crippen LogP contribution is -2.30. The number of phenolic OH excluding ortho intramolecular Hbond substituents is 1. The van der Waals surface area contributed by atoms with E-state index >= 15 is 0 Å². The van der Waals surface area contributed by atoms with Crippen molar-refractivity contribution in [2.24, 2.45) is 0 Å². The van der Waals surface area contributed by atoms with Gasteiger partial charge in [-0.15, -0.1) is 0 Å². The molecule has 8 heteroatoms. The van der Waals surface area contributed by atoms with E-state index in [4.69, 9.17) is 0 Å². The first kappa shape index (κ1) is 23.5. The van der Waals surface area contributed by atoms with Crippen LogP contribution in [-0.2, 0) is 15.3 Å². The van der Waals surface area contributed by atoms with Gasteiger partial charge < -0.3 is 14.8 Å². The molecular formula is C26H24FNO5S. The lowest BCUT2D eigenvalue weighted by atomic mass is 9.85. The molecule has 4 aromatic rings. The van der Waals surface area contributed by atoms with Crippen molar-refractivity contribution in [3.63, 3.8) is 0 Å². The molecule has 0 amide bonds. The van der Waals surface area contributed by atoms with Crippen LogP contribution in [0.3, 0.4) is 0 Å². The summed E-state index contributed by atoms with van der Waals surface area (Å²) < 4.78 is 40.3. The van der Waals surface area contributed by atoms with Crippen molar-refractivity contribution in [3.05, 3.63) is 83.8 Å². The summed E-state index contributed by atoms with van der Waals surface area (Å²) in [4.78, 5) is 11.4. The van der Waals surface area contributed by atoms with Gasteiger partial charge in [-0.1, -0.05) is 32.0 Å². The van der Waals surface area contributed by atoms with Crippen LogP contribution in [0.15, 0.2) is 66.7 Å². The van der Waals surface area contributed by atoms with E-state index in [9.17, 15) is 27.8 Å². The van der Waals surface area contributed by atoms with Crippen LogP contribution in [0.25, 0.3) is 27.7 Å². The van der Waals surface area contributed by atoms with E-state index in [1.807, 2.05) is 4.57 Å². The normalized spacial score (nSPS) is 12.2. The third-order valence-electron chi connectivity index (χ3n) is 5.74. The molecule has 0 saturated carbocycles. The fraction of sp³-hybridized carbons (Fsp3) is 0.192. The van der Waals surface area contributed by atoms with Gasteiger partial charge in [-0.2, -0.15) is 0 Å². The number of aromatic carboxylic acids is 1. The highest BCUT2D eigenvalue weighted by Gasteiger charge is 2.35. The molecule has 176 valence electrons. The first-order valence-corrected chi connectivity index (χ1v) is 12.6. The second kappa shape index (κ2) is 8.29. The molecule has 0 aliphatic rings. The lowest BCUT2D eigenvalue weighted by Gasteiger charge is -2.28. The topological polar surface area (TPSA) is 96.6 Å². The maximum absolute atomic E-state index is 13.7. The third-order valence-corrected chi connectivity index (χ3v) is 6.99. The number of hydrogen-bond donors (Lipinski definition) is 2. The fourth-order valence-electron chi connectivity index (χ4n) is 4.61. The molecule has 2 N–H and O–H groups in total. The van der Waals surface area contributed by atoms with E-state index in [1.165, 1.54) is 30.5 Å². The van der Waals surface area contributed by atoms with Crippen LogP contribution in [0.4, 0.5) is 4.39 Å². The van der Waals surface area contributed by atoms with Gasteiger partial charge in [-0.05, 0) is 54.1 Å². The number of hydrogen-bond acceptors (Lipinski definition) is 4. The summed E-state index contributed by atoms with van der Waals surface area (Å²) in [5, 5.41) is 20.7. The van der Waals surface area contributed by atoms with Crippen molar-refractivity contribution >= 4 is 26.7 Å². The van der Waals surface area contributed by atoms with E-state index in [0.717, 1.165) is 0 Å². The number of carbonyl (C=O) groups is 1. The number of fused-ring (bicyclic) bond motifs is 1. The van der Waals surface area contributed by atoms with E-state index < -0.39 is 27.0 Å². The summed E-state index contributed by atoms with van der Waals surface area (Å²) >= 11 is 0. The van der Waals surface area contributed by atoms with Gasteiger partial charge in [0.25, 0.3) is 0 Å². The molecule has 3 aromatic carbocycles. The van der Waals surface area contributed by atoms with E-state index in [2.05, 4.69) is 0 Å². The van der Waals surface area contributed by atoms with E-state index in [0.29, 0.717) is 33.4 Å². The SMILES string of the molecule is CC(C)(CS(C)(=O)=O)c1c(-c2ccc(C(=O)O)cc2)c2c(O)cccc2n1-c1ccc(F)cc1. The minimum Gasteiger partial charge on any atom is -0.507 e. The van der Waals surface area contributed by atoms with Crippen molar-refractivity contribution in [2.75, 3.05) is 12.0 Å². The Kier molecular flexibility index (Phi) is 5.73. The van der Waals surface area contributed by atoms with Gasteiger partial charge in [0, 0.05) is 34.0 Å². The van der Waals surface area contributed by atoms with Crippen LogP contribution >= 0.6 is 0 Å². The summed E-state index contributed by atoms with van der Waals surface area (Å²) in [5.74, 6) is -1.67. The molecular weight excluding hydrogens is 457 g/mol. The molecule has 1 aromatic heterocycles. The van der Waals surface area contributed by atoms with Gasteiger partial charge in [0.15, 0.2) is 0 Å². The zero-order valence-electron chi connectivity index (χ0n) is 18.9. The number of carboxylic acid groups (broad SMARTS) is 1. The third kappa shape index (κ3) is 4.28. The van der Waals surface area contributed by atoms with Crippen LogP contribution in [-0.4, -0.2) is 41.2 Å². The zero-order chi connectivity index (χ0) is 24.8. The minimum atomic E-state index is -3.41. The monoisotopic (exact) mass is 481 g/mol. The fourth-order valence-corrected chi connectivity index (χ4v) is 6.05. The Morgan fingerprint density at radius 2 is 1.62 bits per heavy atom. The van der Waals surface area contributed by atoms with Crippen molar-refractivity contribution in [3.8, 4) is 22.6 Å². The Morgan fingerprint density at radius 3 is 2.18 bits per heavy atom. The highest BCUT2D eigenvalue weighted by molar-refractivity contribution is 7.90. The second-order valence-corrected chi connectivity index (χ2v) is 11.2. The maximum atomic E-state index is 13.7. The Bertz CT molecular complexity index is 1500. The average Bonchev–Trinajstić information content (AvgIpc) is 3.10. The summed E-state index contributed by atoms with van der Waals surface area (Å²) in [6, 6.07) is 17.1. The largest absolute Gasteiger partial charge is 0.507 e. The summed E-state index contributed by atoms with van der Waals surface area (Å²) in [7, 11) is -3.41. The van der Waals surface area contributed by atoms with Gasteiger partial charge in [0.1, 0.15) is 21.4 Å². The highest BCUT2D eigenvalue weighted by Crippen LogP contribution is 2.46. The number of nitrogens with zero attached hydrogens (tertiary/aromatic N) is 1. The highest BCUT2D eigenvalue weighted by atomic mass is 32.2. The number of aromatic nitrogens is 1. The number of aromatic hydroxyl groups is 1. The van der Waals surface area contributed by atoms with Gasteiger partial charge in [0.2, 0.25) is 0 Å². The Hall–Kier alpha value is -3.65. The standard InChI is InChI=1S/C26H24FNO5S/c1-26(2,15-34(3,32)33)24-22(16-7-9-17(10-8-16)25(30)31)23-20(5-4-6-21(23)29)28(24)19-13-11-18(27)12-14-19/h4-14,29H,15H2,1-3H3,(H,30,31). The lowest BCUT2D eigenvalue weighted by molar-refractivity contribution is 0.0697. The van der Waals surface area contributed by atoms with Gasteiger partial charge >= 0.3 is 5.97 Å². The first-order valence-electron chi connectivity index (χ1n) is 10.5. The summed E-state index contributed by atoms with van der Waals surface area (Å²) in [6.07, 6.45) is 1.17. The summed E-state index contributed by atoms with van der Waals surface area (Å²) in [6.45, 7) is 3.60. The van der Waals surface area contributed by atoms with E-state index in [1.54, 1.807) is 56.3 Å². The van der Waals surface area contributed by atoms with Crippen LogP contribution in [0.5, 0.6) is 5.75 Å². The number of phenols is 1. The molecule has 0 radical (unpaired) electrons. The van der Waals surface area contributed by atoms with Crippen molar-refractivity contribution < 1.29 is 27.8 Å². The molecule has 0 atom stereocenters. The Labute approximate surface area is 196 Å². The smallest absolute Gasteiger partial charge is 0.335 e. The molecule has 34 heavy (non-hydrogen) atoms. The predicted molar refractivity (Wildman–Crippen MR) is 130 cm³/mol. The van der Waals surface area contributed by atoms with Crippen LogP contribution in [0, 0.1) is 5.82 Å². The molecule has 0 fully saturated rings. The molecule has 0 aliphatic heterocycles. The van der Waals surface area contributed by atoms with Crippen molar-refractivity contribution in [2.45, 2.75) is 19.3 Å². The van der Waals surface area contributed by atoms with E-state index in [-0.39, 0.29) is 17.1 Å². The molecule has 0 spiro atoms. The first-order chi connectivity index (χ1) is 15.9. The molecule has 0 saturated heterocycles. The Balaban J connectivity index is 2.17. The number of sulfone groups is 1. The second-order valence-electron chi connectivity index (χ2n) is 9.04. The van der Waals surface area contributed by atoms with Crippen molar-refractivity contribution in [1.29, 1.82) is 0 Å². The molecule has 0 bridgehead atoms. The number of benzene rings is 3. The number of halogens is 1. The molecule has 0 aliphatic carbocycles. The molecule has 6 nitrogen and oxygen atoms in total. The van der Waals surface area contributed by atoms with Gasteiger partial charge in [0.05, 0.1) is 16.8 Å².